The summed E-state index contributed by atoms with van der Waals surface area (Å²) in [6.07, 6.45) is 1.61. The maximum absolute atomic E-state index is 7.49. The number of likely N-dealkylation sites (tertiary alicyclic amines) is 1. The normalized spacial score (nSPS) is 38.6. The maximum atomic E-state index is 7.49. The lowest BCUT2D eigenvalue weighted by Crippen LogP contribution is -2.31. The molecular formula is C12H19N3. The topological polar surface area (TPSA) is 21.1 Å². The molecule has 3 nitrogen and oxygen atoms in total. The third kappa shape index (κ3) is 1.33. The Bertz CT molecular complexity index is 440. The first-order valence-corrected chi connectivity index (χ1v) is 5.68. The summed E-state index contributed by atoms with van der Waals surface area (Å²) in [7, 11) is 0. The highest BCUT2D eigenvalue weighted by molar-refractivity contribution is 5.24. The minimum Gasteiger partial charge on any atom is -0.300 e. The van der Waals surface area contributed by atoms with Crippen molar-refractivity contribution in [1.82, 2.24) is 14.7 Å². The molecule has 2 atom stereocenters. The van der Waals surface area contributed by atoms with Crippen molar-refractivity contribution in [2.24, 2.45) is 18.8 Å². The van der Waals surface area contributed by atoms with Gasteiger partial charge in [0.15, 0.2) is 0 Å². The van der Waals surface area contributed by atoms with Gasteiger partial charge in [0.1, 0.15) is 0 Å². The molecule has 0 spiro atoms. The van der Waals surface area contributed by atoms with Crippen LogP contribution in [0.1, 0.15) is 29.6 Å². The van der Waals surface area contributed by atoms with Crippen molar-refractivity contribution < 1.29 is 4.11 Å². The zero-order chi connectivity index (χ0) is 13.1. The van der Waals surface area contributed by atoms with E-state index < -0.39 is 6.98 Å². The molecule has 1 saturated heterocycles. The van der Waals surface area contributed by atoms with Crippen LogP contribution in [0.25, 0.3) is 0 Å². The first-order valence-electron chi connectivity index (χ1n) is 7.18. The molecule has 1 aromatic rings. The van der Waals surface area contributed by atoms with E-state index in [1.165, 1.54) is 4.68 Å². The summed E-state index contributed by atoms with van der Waals surface area (Å²) in [5.74, 6) is 1.67. The highest BCUT2D eigenvalue weighted by Crippen LogP contribution is 2.58. The van der Waals surface area contributed by atoms with Crippen LogP contribution in [0.15, 0.2) is 12.3 Å². The molecule has 1 aliphatic heterocycles. The molecule has 2 heterocycles. The Hall–Kier alpha value is -0.830. The molecule has 2 fully saturated rings. The van der Waals surface area contributed by atoms with Crippen molar-refractivity contribution in [3.8, 4) is 0 Å². The van der Waals surface area contributed by atoms with E-state index in [2.05, 4.69) is 23.8 Å². The quantitative estimate of drug-likeness (QED) is 0.734. The Balaban J connectivity index is 1.76. The smallest absolute Gasteiger partial charge is 0.0492 e. The van der Waals surface area contributed by atoms with Crippen LogP contribution in [0, 0.1) is 11.8 Å². The highest BCUT2D eigenvalue weighted by Gasteiger charge is 2.57. The second kappa shape index (κ2) is 3.08. The zero-order valence-corrected chi connectivity index (χ0v) is 9.22. The highest BCUT2D eigenvalue weighted by atomic mass is 15.3. The van der Waals surface area contributed by atoms with E-state index in [0.29, 0.717) is 23.8 Å². The molecule has 2 unspecified atom stereocenters. The number of hydrogen-bond acceptors (Lipinski definition) is 2. The molecule has 3 rings (SSSR count). The first kappa shape index (κ1) is 6.69. The molecule has 0 aromatic carbocycles. The van der Waals surface area contributed by atoms with Crippen molar-refractivity contribution in [2.45, 2.75) is 25.8 Å². The van der Waals surface area contributed by atoms with Gasteiger partial charge < -0.3 is 4.90 Å². The summed E-state index contributed by atoms with van der Waals surface area (Å²) in [6.45, 7) is 4.48. The van der Waals surface area contributed by atoms with Crippen LogP contribution in [0.2, 0.25) is 0 Å². The number of aromatic nitrogens is 2. The van der Waals surface area contributed by atoms with Gasteiger partial charge in [0.25, 0.3) is 0 Å². The monoisotopic (exact) mass is 208 g/mol. The van der Waals surface area contributed by atoms with E-state index in [9.17, 15) is 0 Å². The van der Waals surface area contributed by atoms with Gasteiger partial charge >= 0.3 is 0 Å². The van der Waals surface area contributed by atoms with Crippen LogP contribution in [0.5, 0.6) is 0 Å². The van der Waals surface area contributed by atoms with Crippen molar-refractivity contribution >= 4 is 0 Å². The van der Waals surface area contributed by atoms with Crippen molar-refractivity contribution in [3.63, 3.8) is 0 Å². The van der Waals surface area contributed by atoms with E-state index in [1.807, 2.05) is 6.07 Å². The average Bonchev–Trinajstić information content (AvgIpc) is 2.74. The maximum Gasteiger partial charge on any atom is 0.0492 e. The van der Waals surface area contributed by atoms with E-state index >= 15 is 0 Å². The summed E-state index contributed by atoms with van der Waals surface area (Å²) in [5, 5.41) is 3.97. The fourth-order valence-electron chi connectivity index (χ4n) is 2.99. The lowest BCUT2D eigenvalue weighted by Gasteiger charge is -2.23. The number of piperidine rings is 1. The largest absolute Gasteiger partial charge is 0.300 e. The predicted octanol–water partition coefficient (Wildman–Crippen LogP) is 1.47. The number of aryl methyl sites for hydroxylation is 1. The Morgan fingerprint density at radius 3 is 2.80 bits per heavy atom. The molecule has 0 N–H and O–H groups in total. The van der Waals surface area contributed by atoms with Gasteiger partial charge in [-0.05, 0) is 31.7 Å². The van der Waals surface area contributed by atoms with Crippen molar-refractivity contribution in [2.75, 3.05) is 13.1 Å². The molecular weight excluding hydrogens is 186 g/mol. The molecule has 3 heteroatoms. The van der Waals surface area contributed by atoms with Gasteiger partial charge in [-0.2, -0.15) is 5.10 Å². The van der Waals surface area contributed by atoms with Gasteiger partial charge in [-0.1, -0.05) is 0 Å². The number of rotatable bonds is 2. The van der Waals surface area contributed by atoms with Crippen molar-refractivity contribution in [3.05, 3.63) is 18.0 Å². The van der Waals surface area contributed by atoms with E-state index in [0.717, 1.165) is 18.8 Å². The van der Waals surface area contributed by atoms with Crippen LogP contribution in [0.3, 0.4) is 0 Å². The standard InChI is InChI=1S/C12H19N3/c1-8(2)15-6-9-10(7-15)12(9)11-4-5-13-14(11)3/h4-5,8-10,12H,6-7H2,1-3H3/i3D3. The van der Waals surface area contributed by atoms with Crippen LogP contribution in [0.4, 0.5) is 0 Å². The Labute approximate surface area is 95.3 Å². The second-order valence-corrected chi connectivity index (χ2v) is 5.07. The van der Waals surface area contributed by atoms with Gasteiger partial charge in [-0.25, -0.2) is 0 Å². The average molecular weight is 208 g/mol. The van der Waals surface area contributed by atoms with E-state index in [1.54, 1.807) is 6.20 Å². The van der Waals surface area contributed by atoms with E-state index in [-0.39, 0.29) is 0 Å². The van der Waals surface area contributed by atoms with Gasteiger partial charge in [0.05, 0.1) is 0 Å². The second-order valence-electron chi connectivity index (χ2n) is 5.07. The molecule has 82 valence electrons. The third-order valence-corrected chi connectivity index (χ3v) is 3.97. The van der Waals surface area contributed by atoms with Crippen molar-refractivity contribution in [1.29, 1.82) is 0 Å². The first-order chi connectivity index (χ1) is 8.39. The lowest BCUT2D eigenvalue weighted by molar-refractivity contribution is 0.242. The Morgan fingerprint density at radius 1 is 1.47 bits per heavy atom. The van der Waals surface area contributed by atoms with E-state index in [4.69, 9.17) is 4.11 Å². The van der Waals surface area contributed by atoms with Gasteiger partial charge in [0, 0.05) is 48.0 Å². The van der Waals surface area contributed by atoms with Gasteiger partial charge in [-0.15, -0.1) is 0 Å². The summed E-state index contributed by atoms with van der Waals surface area (Å²) in [5.41, 5.74) is 0.897. The van der Waals surface area contributed by atoms with Gasteiger partial charge in [0.2, 0.25) is 0 Å². The molecule has 1 aromatic heterocycles. The summed E-state index contributed by atoms with van der Waals surface area (Å²) in [4.78, 5) is 2.47. The molecule has 0 amide bonds. The van der Waals surface area contributed by atoms with Crippen LogP contribution < -0.4 is 0 Å². The van der Waals surface area contributed by atoms with Crippen LogP contribution in [-0.2, 0) is 6.98 Å². The number of nitrogens with zero attached hydrogens (tertiary/aromatic N) is 3. The molecule has 0 bridgehead atoms. The summed E-state index contributed by atoms with van der Waals surface area (Å²) in [6, 6.07) is 2.46. The lowest BCUT2D eigenvalue weighted by atomic mass is 10.2. The Kier molecular flexibility index (Phi) is 1.37. The Morgan fingerprint density at radius 2 is 2.20 bits per heavy atom. The van der Waals surface area contributed by atoms with Gasteiger partial charge in [-0.3, -0.25) is 4.68 Å². The van der Waals surface area contributed by atoms with Crippen LogP contribution in [-0.4, -0.2) is 33.8 Å². The minimum absolute atomic E-state index is 0.405. The number of fused-ring (bicyclic) bond motifs is 1. The third-order valence-electron chi connectivity index (χ3n) is 3.97. The SMILES string of the molecule is [2H]C([2H])([2H])n1nccc1C1C2CN(C(C)C)CC21. The minimum atomic E-state index is -2.15. The molecule has 2 aliphatic rings. The molecule has 15 heavy (non-hydrogen) atoms. The molecule has 1 aliphatic carbocycles. The predicted molar refractivity (Wildman–Crippen MR) is 59.6 cm³/mol. The fourth-order valence-corrected chi connectivity index (χ4v) is 2.99. The number of hydrogen-bond donors (Lipinski definition) is 0. The fraction of sp³-hybridized carbons (Fsp3) is 0.750. The summed E-state index contributed by atoms with van der Waals surface area (Å²) >= 11 is 0. The molecule has 1 saturated carbocycles. The molecule has 0 radical (unpaired) electrons. The zero-order valence-electron chi connectivity index (χ0n) is 12.2. The summed E-state index contributed by atoms with van der Waals surface area (Å²) < 4.78 is 23.7. The van der Waals surface area contributed by atoms with Crippen LogP contribution >= 0.6 is 0 Å².